The van der Waals surface area contributed by atoms with Gasteiger partial charge in [0.2, 0.25) is 0 Å². The molecule has 0 fully saturated rings. The maximum atomic E-state index is 12.0. The fraction of sp³-hybridized carbons (Fsp3) is 0.267. The normalized spacial score (nSPS) is 10.5. The third-order valence-corrected chi connectivity index (χ3v) is 3.11. The molecule has 0 saturated heterocycles. The van der Waals surface area contributed by atoms with Crippen LogP contribution in [0.5, 0.6) is 5.75 Å². The third kappa shape index (κ3) is 2.85. The molecule has 1 aromatic heterocycles. The maximum Gasteiger partial charge on any atom is 0.251 e. The molecular weight excluding hydrogens is 240 g/mol. The van der Waals surface area contributed by atoms with Gasteiger partial charge in [-0.1, -0.05) is 12.1 Å². The van der Waals surface area contributed by atoms with Crippen LogP contribution < -0.4 is 16.0 Å². The van der Waals surface area contributed by atoms with Crippen LogP contribution in [0.1, 0.15) is 5.69 Å². The van der Waals surface area contributed by atoms with Crippen LogP contribution in [-0.2, 0) is 6.54 Å². The van der Waals surface area contributed by atoms with Gasteiger partial charge in [0, 0.05) is 24.8 Å². The molecule has 4 heteroatoms. The Morgan fingerprint density at radius 1 is 1.16 bits per heavy atom. The zero-order valence-corrected chi connectivity index (χ0v) is 11.2. The number of hydrogen-bond donors (Lipinski definition) is 1. The first-order valence-electron chi connectivity index (χ1n) is 6.21. The van der Waals surface area contributed by atoms with Crippen molar-refractivity contribution >= 4 is 0 Å². The van der Waals surface area contributed by atoms with Crippen LogP contribution in [0.4, 0.5) is 0 Å². The monoisotopic (exact) mass is 258 g/mol. The molecule has 0 amide bonds. The summed E-state index contributed by atoms with van der Waals surface area (Å²) in [6.07, 6.45) is 0. The fourth-order valence-corrected chi connectivity index (χ4v) is 2.10. The minimum Gasteiger partial charge on any atom is -0.497 e. The van der Waals surface area contributed by atoms with E-state index in [0.717, 1.165) is 22.6 Å². The fourth-order valence-electron chi connectivity index (χ4n) is 2.10. The van der Waals surface area contributed by atoms with Crippen molar-refractivity contribution in [3.05, 3.63) is 52.4 Å². The van der Waals surface area contributed by atoms with Gasteiger partial charge in [0.1, 0.15) is 5.75 Å². The second-order valence-corrected chi connectivity index (χ2v) is 4.39. The minimum absolute atomic E-state index is 0.0173. The highest BCUT2D eigenvalue weighted by atomic mass is 16.5. The summed E-state index contributed by atoms with van der Waals surface area (Å²) < 4.78 is 6.81. The molecule has 0 saturated carbocycles. The molecule has 0 radical (unpaired) electrons. The van der Waals surface area contributed by atoms with Crippen molar-refractivity contribution in [1.29, 1.82) is 0 Å². The number of pyridine rings is 1. The summed E-state index contributed by atoms with van der Waals surface area (Å²) in [4.78, 5) is 12.0. The zero-order chi connectivity index (χ0) is 13.8. The Hall–Kier alpha value is -2.07. The van der Waals surface area contributed by atoms with Crippen molar-refractivity contribution in [2.75, 3.05) is 13.7 Å². The quantitative estimate of drug-likeness (QED) is 0.909. The molecular formula is C15H18N2O2. The predicted molar refractivity (Wildman–Crippen MR) is 76.5 cm³/mol. The first kappa shape index (κ1) is 13.4. The van der Waals surface area contributed by atoms with Gasteiger partial charge in [-0.2, -0.15) is 0 Å². The van der Waals surface area contributed by atoms with Crippen molar-refractivity contribution in [3.63, 3.8) is 0 Å². The van der Waals surface area contributed by atoms with Crippen LogP contribution in [0.3, 0.4) is 0 Å². The molecule has 0 aliphatic rings. The molecule has 1 aromatic carbocycles. The highest BCUT2D eigenvalue weighted by Gasteiger charge is 2.05. The molecule has 2 rings (SSSR count). The molecule has 0 bridgehead atoms. The molecule has 19 heavy (non-hydrogen) atoms. The predicted octanol–water partition coefficient (Wildman–Crippen LogP) is 1.79. The molecule has 2 aromatic rings. The van der Waals surface area contributed by atoms with E-state index in [1.165, 1.54) is 0 Å². The van der Waals surface area contributed by atoms with Gasteiger partial charge in [-0.3, -0.25) is 4.79 Å². The smallest absolute Gasteiger partial charge is 0.251 e. The van der Waals surface area contributed by atoms with Crippen LogP contribution in [-0.4, -0.2) is 18.2 Å². The van der Waals surface area contributed by atoms with Crippen molar-refractivity contribution in [2.24, 2.45) is 5.73 Å². The van der Waals surface area contributed by atoms with Gasteiger partial charge in [0.25, 0.3) is 5.56 Å². The highest BCUT2D eigenvalue weighted by molar-refractivity contribution is 5.64. The molecule has 4 nitrogen and oxygen atoms in total. The largest absolute Gasteiger partial charge is 0.497 e. The van der Waals surface area contributed by atoms with E-state index < -0.39 is 0 Å². The van der Waals surface area contributed by atoms with Gasteiger partial charge < -0.3 is 15.0 Å². The summed E-state index contributed by atoms with van der Waals surface area (Å²) in [5.41, 5.74) is 8.32. The molecule has 100 valence electrons. The Bertz CT molecular complexity index is 615. The average Bonchev–Trinajstić information content (AvgIpc) is 2.43. The van der Waals surface area contributed by atoms with Gasteiger partial charge in [-0.05, 0) is 36.2 Å². The van der Waals surface area contributed by atoms with Gasteiger partial charge in [-0.15, -0.1) is 0 Å². The van der Waals surface area contributed by atoms with E-state index in [4.69, 9.17) is 10.5 Å². The Morgan fingerprint density at radius 3 is 2.37 bits per heavy atom. The second-order valence-electron chi connectivity index (χ2n) is 4.39. The summed E-state index contributed by atoms with van der Waals surface area (Å²) in [5, 5.41) is 0. The van der Waals surface area contributed by atoms with E-state index in [-0.39, 0.29) is 5.56 Å². The lowest BCUT2D eigenvalue weighted by Gasteiger charge is -2.11. The maximum absolute atomic E-state index is 12.0. The number of hydrogen-bond acceptors (Lipinski definition) is 3. The van der Waals surface area contributed by atoms with E-state index in [2.05, 4.69) is 0 Å². The van der Waals surface area contributed by atoms with Crippen LogP contribution in [0.2, 0.25) is 0 Å². The lowest BCUT2D eigenvalue weighted by molar-refractivity contribution is 0.415. The SMILES string of the molecule is COc1ccc(-c2cc(C)n(CCN)c(=O)c2)cc1. The molecule has 0 aliphatic carbocycles. The van der Waals surface area contributed by atoms with Crippen LogP contribution >= 0.6 is 0 Å². The zero-order valence-electron chi connectivity index (χ0n) is 11.2. The number of nitrogens with zero attached hydrogens (tertiary/aromatic N) is 1. The number of aryl methyl sites for hydroxylation is 1. The summed E-state index contributed by atoms with van der Waals surface area (Å²) in [7, 11) is 1.63. The van der Waals surface area contributed by atoms with Crippen LogP contribution in [0.15, 0.2) is 41.2 Å². The van der Waals surface area contributed by atoms with E-state index in [9.17, 15) is 4.79 Å². The third-order valence-electron chi connectivity index (χ3n) is 3.11. The van der Waals surface area contributed by atoms with Crippen LogP contribution in [0, 0.1) is 6.92 Å². The standard InChI is InChI=1S/C15H18N2O2/c1-11-9-13(10-15(18)17(11)8-7-16)12-3-5-14(19-2)6-4-12/h3-6,9-10H,7-8,16H2,1-2H3. The summed E-state index contributed by atoms with van der Waals surface area (Å²) in [6, 6.07) is 11.3. The summed E-state index contributed by atoms with van der Waals surface area (Å²) >= 11 is 0. The number of methoxy groups -OCH3 is 1. The van der Waals surface area contributed by atoms with Crippen molar-refractivity contribution in [1.82, 2.24) is 4.57 Å². The molecule has 0 unspecified atom stereocenters. The number of ether oxygens (including phenoxy) is 1. The van der Waals surface area contributed by atoms with E-state index in [1.54, 1.807) is 17.7 Å². The van der Waals surface area contributed by atoms with Gasteiger partial charge >= 0.3 is 0 Å². The molecule has 2 N–H and O–H groups in total. The highest BCUT2D eigenvalue weighted by Crippen LogP contribution is 2.21. The Labute approximate surface area is 112 Å². The Morgan fingerprint density at radius 2 is 1.84 bits per heavy atom. The first-order chi connectivity index (χ1) is 9.15. The Kier molecular flexibility index (Phi) is 4.02. The minimum atomic E-state index is -0.0173. The molecule has 0 spiro atoms. The topological polar surface area (TPSA) is 57.2 Å². The first-order valence-corrected chi connectivity index (χ1v) is 6.21. The lowest BCUT2D eigenvalue weighted by atomic mass is 10.1. The van der Waals surface area contributed by atoms with Crippen LogP contribution in [0.25, 0.3) is 11.1 Å². The molecule has 1 heterocycles. The average molecular weight is 258 g/mol. The van der Waals surface area contributed by atoms with Crippen molar-refractivity contribution in [2.45, 2.75) is 13.5 Å². The van der Waals surface area contributed by atoms with Gasteiger partial charge in [0.05, 0.1) is 7.11 Å². The van der Waals surface area contributed by atoms with E-state index in [0.29, 0.717) is 13.1 Å². The van der Waals surface area contributed by atoms with Gasteiger partial charge in [-0.25, -0.2) is 0 Å². The molecule has 0 aliphatic heterocycles. The summed E-state index contributed by atoms with van der Waals surface area (Å²) in [6.45, 7) is 2.93. The summed E-state index contributed by atoms with van der Waals surface area (Å²) in [5.74, 6) is 0.803. The number of aromatic nitrogens is 1. The van der Waals surface area contributed by atoms with Crippen molar-refractivity contribution < 1.29 is 4.74 Å². The van der Waals surface area contributed by atoms with E-state index in [1.807, 2.05) is 37.3 Å². The van der Waals surface area contributed by atoms with E-state index >= 15 is 0 Å². The number of benzene rings is 1. The van der Waals surface area contributed by atoms with Crippen molar-refractivity contribution in [3.8, 4) is 16.9 Å². The Balaban J connectivity index is 2.42. The second kappa shape index (κ2) is 5.71. The van der Waals surface area contributed by atoms with Gasteiger partial charge in [0.15, 0.2) is 0 Å². The lowest BCUT2D eigenvalue weighted by Crippen LogP contribution is -2.25. The molecule has 0 atom stereocenters. The number of rotatable bonds is 4. The number of nitrogens with two attached hydrogens (primary N) is 1.